The molecular weight excluding hydrogens is 224 g/mol. The lowest BCUT2D eigenvalue weighted by atomic mass is 9.97. The highest BCUT2D eigenvalue weighted by atomic mass is 16.3. The predicted molar refractivity (Wildman–Crippen MR) is 73.7 cm³/mol. The molecule has 0 aliphatic rings. The molecule has 2 N–H and O–H groups in total. The number of aliphatic hydroxyl groups is 1. The molecule has 2 heteroatoms. The van der Waals surface area contributed by atoms with Gasteiger partial charge in [-0.25, -0.2) is 0 Å². The molecule has 2 rings (SSSR count). The number of hydrogen-bond donors (Lipinski definition) is 2. The fourth-order valence-electron chi connectivity index (χ4n) is 2.14. The van der Waals surface area contributed by atoms with E-state index in [9.17, 15) is 10.2 Å². The summed E-state index contributed by atoms with van der Waals surface area (Å²) in [4.78, 5) is 0. The summed E-state index contributed by atoms with van der Waals surface area (Å²) in [7, 11) is 0. The Bertz CT molecular complexity index is 563. The molecule has 0 fully saturated rings. The van der Waals surface area contributed by atoms with Crippen LogP contribution in [0.15, 0.2) is 30.3 Å². The van der Waals surface area contributed by atoms with Crippen molar-refractivity contribution in [2.45, 2.75) is 27.4 Å². The van der Waals surface area contributed by atoms with E-state index in [1.165, 1.54) is 0 Å². The second-order valence-corrected chi connectivity index (χ2v) is 4.76. The van der Waals surface area contributed by atoms with Gasteiger partial charge in [-0.15, -0.1) is 0 Å². The number of hydrogen-bond acceptors (Lipinski definition) is 2. The molecule has 0 radical (unpaired) electrons. The van der Waals surface area contributed by atoms with Crippen LogP contribution in [0, 0.1) is 20.8 Å². The van der Waals surface area contributed by atoms with E-state index in [0.717, 1.165) is 33.4 Å². The number of aliphatic hydroxyl groups excluding tert-OH is 1. The van der Waals surface area contributed by atoms with Crippen molar-refractivity contribution in [2.75, 3.05) is 0 Å². The highest BCUT2D eigenvalue weighted by molar-refractivity contribution is 5.68. The van der Waals surface area contributed by atoms with Gasteiger partial charge in [-0.1, -0.05) is 12.1 Å². The van der Waals surface area contributed by atoms with E-state index in [2.05, 4.69) is 0 Å². The van der Waals surface area contributed by atoms with Gasteiger partial charge < -0.3 is 10.2 Å². The molecule has 18 heavy (non-hydrogen) atoms. The number of aromatic hydroxyl groups is 1. The van der Waals surface area contributed by atoms with Gasteiger partial charge in [0, 0.05) is 0 Å². The third kappa shape index (κ3) is 2.24. The van der Waals surface area contributed by atoms with E-state index >= 15 is 0 Å². The summed E-state index contributed by atoms with van der Waals surface area (Å²) in [6.45, 7) is 5.83. The minimum absolute atomic E-state index is 0.0513. The molecule has 0 spiro atoms. The second-order valence-electron chi connectivity index (χ2n) is 4.76. The molecule has 0 amide bonds. The fourth-order valence-corrected chi connectivity index (χ4v) is 2.14. The summed E-state index contributed by atoms with van der Waals surface area (Å²) >= 11 is 0. The number of benzene rings is 2. The first kappa shape index (κ1) is 12.7. The summed E-state index contributed by atoms with van der Waals surface area (Å²) < 4.78 is 0. The first-order chi connectivity index (χ1) is 8.52. The van der Waals surface area contributed by atoms with Crippen molar-refractivity contribution >= 4 is 0 Å². The molecule has 0 aromatic heterocycles. The van der Waals surface area contributed by atoms with Gasteiger partial charge in [-0.3, -0.25) is 0 Å². The zero-order chi connectivity index (χ0) is 13.3. The van der Waals surface area contributed by atoms with E-state index < -0.39 is 0 Å². The molecule has 2 aromatic carbocycles. The van der Waals surface area contributed by atoms with Crippen molar-refractivity contribution in [1.82, 2.24) is 0 Å². The summed E-state index contributed by atoms with van der Waals surface area (Å²) in [5.41, 5.74) is 5.91. The van der Waals surface area contributed by atoms with Crippen LogP contribution >= 0.6 is 0 Å². The molecule has 0 unspecified atom stereocenters. The van der Waals surface area contributed by atoms with E-state index in [1.54, 1.807) is 0 Å². The first-order valence-electron chi connectivity index (χ1n) is 6.04. The summed E-state index contributed by atoms with van der Waals surface area (Å²) in [5.74, 6) is 0.355. The Kier molecular flexibility index (Phi) is 3.39. The highest BCUT2D eigenvalue weighted by Gasteiger charge is 2.06. The van der Waals surface area contributed by atoms with Crippen molar-refractivity contribution in [1.29, 1.82) is 0 Å². The lowest BCUT2D eigenvalue weighted by Crippen LogP contribution is -1.91. The maximum Gasteiger partial charge on any atom is 0.121 e. The first-order valence-corrected chi connectivity index (χ1v) is 6.04. The van der Waals surface area contributed by atoms with Gasteiger partial charge in [0.05, 0.1) is 6.61 Å². The van der Waals surface area contributed by atoms with E-state index in [1.807, 2.05) is 51.1 Å². The van der Waals surface area contributed by atoms with Crippen LogP contribution in [0.25, 0.3) is 11.1 Å². The highest BCUT2D eigenvalue weighted by Crippen LogP contribution is 2.30. The van der Waals surface area contributed by atoms with E-state index in [0.29, 0.717) is 5.75 Å². The Labute approximate surface area is 108 Å². The van der Waals surface area contributed by atoms with Gasteiger partial charge in [0.25, 0.3) is 0 Å². The quantitative estimate of drug-likeness (QED) is 0.846. The zero-order valence-corrected chi connectivity index (χ0v) is 11.0. The van der Waals surface area contributed by atoms with Crippen LogP contribution in [0.2, 0.25) is 0 Å². The molecule has 0 saturated carbocycles. The molecule has 2 nitrogen and oxygen atoms in total. The molecule has 0 heterocycles. The van der Waals surface area contributed by atoms with Crippen LogP contribution in [0.1, 0.15) is 22.3 Å². The molecule has 2 aromatic rings. The Morgan fingerprint density at radius 3 is 2.00 bits per heavy atom. The zero-order valence-electron chi connectivity index (χ0n) is 11.0. The van der Waals surface area contributed by atoms with Crippen molar-refractivity contribution in [3.05, 3.63) is 52.6 Å². The Morgan fingerprint density at radius 1 is 0.833 bits per heavy atom. The molecule has 0 atom stereocenters. The predicted octanol–water partition coefficient (Wildman–Crippen LogP) is 3.48. The van der Waals surface area contributed by atoms with Crippen LogP contribution < -0.4 is 0 Å². The Hall–Kier alpha value is -1.80. The van der Waals surface area contributed by atoms with Gasteiger partial charge >= 0.3 is 0 Å². The molecule has 0 saturated heterocycles. The molecule has 94 valence electrons. The van der Waals surface area contributed by atoms with Gasteiger partial charge in [-0.2, -0.15) is 0 Å². The summed E-state index contributed by atoms with van der Waals surface area (Å²) in [6.07, 6.45) is 0. The third-order valence-electron chi connectivity index (χ3n) is 3.34. The van der Waals surface area contributed by atoms with Gasteiger partial charge in [0.1, 0.15) is 5.75 Å². The van der Waals surface area contributed by atoms with E-state index in [4.69, 9.17) is 0 Å². The van der Waals surface area contributed by atoms with Crippen molar-refractivity contribution in [3.8, 4) is 16.9 Å². The smallest absolute Gasteiger partial charge is 0.121 e. The average molecular weight is 242 g/mol. The third-order valence-corrected chi connectivity index (χ3v) is 3.34. The van der Waals surface area contributed by atoms with Crippen LogP contribution in [-0.2, 0) is 6.61 Å². The largest absolute Gasteiger partial charge is 0.507 e. The molecule has 0 aliphatic carbocycles. The minimum atomic E-state index is 0.0513. The Morgan fingerprint density at radius 2 is 1.44 bits per heavy atom. The Balaban J connectivity index is 2.55. The normalized spacial score (nSPS) is 10.7. The van der Waals surface area contributed by atoms with Crippen LogP contribution in [0.4, 0.5) is 0 Å². The summed E-state index contributed by atoms with van der Waals surface area (Å²) in [5, 5.41) is 19.1. The van der Waals surface area contributed by atoms with Gasteiger partial charge in [0.15, 0.2) is 0 Å². The second kappa shape index (κ2) is 4.83. The lowest BCUT2D eigenvalue weighted by Gasteiger charge is -2.10. The molecule has 0 aliphatic heterocycles. The van der Waals surface area contributed by atoms with Gasteiger partial charge in [0.2, 0.25) is 0 Å². The monoisotopic (exact) mass is 242 g/mol. The minimum Gasteiger partial charge on any atom is -0.507 e. The van der Waals surface area contributed by atoms with Crippen molar-refractivity contribution < 1.29 is 10.2 Å². The number of phenolic OH excluding ortho intramolecular Hbond substituents is 1. The molecule has 0 bridgehead atoms. The van der Waals surface area contributed by atoms with Gasteiger partial charge in [-0.05, 0) is 72.4 Å². The number of aryl methyl sites for hydroxylation is 3. The standard InChI is InChI=1S/C16H18O2/c1-10-4-5-13(8-15(10)9-17)14-6-11(2)16(18)12(3)7-14/h4-8,17-18H,9H2,1-3H3. The fraction of sp³-hybridized carbons (Fsp3) is 0.250. The maximum absolute atomic E-state index is 9.78. The SMILES string of the molecule is Cc1ccc(-c2cc(C)c(O)c(C)c2)cc1CO. The topological polar surface area (TPSA) is 40.5 Å². The number of phenols is 1. The lowest BCUT2D eigenvalue weighted by molar-refractivity contribution is 0.281. The van der Waals surface area contributed by atoms with E-state index in [-0.39, 0.29) is 6.61 Å². The summed E-state index contributed by atoms with van der Waals surface area (Å²) in [6, 6.07) is 9.99. The maximum atomic E-state index is 9.78. The van der Waals surface area contributed by atoms with Crippen molar-refractivity contribution in [2.24, 2.45) is 0 Å². The van der Waals surface area contributed by atoms with Crippen LogP contribution in [0.3, 0.4) is 0 Å². The number of rotatable bonds is 2. The van der Waals surface area contributed by atoms with Crippen LogP contribution in [-0.4, -0.2) is 10.2 Å². The molecular formula is C16H18O2. The van der Waals surface area contributed by atoms with Crippen LogP contribution in [0.5, 0.6) is 5.75 Å². The average Bonchev–Trinajstić information content (AvgIpc) is 2.36. The van der Waals surface area contributed by atoms with Crippen molar-refractivity contribution in [3.63, 3.8) is 0 Å².